The summed E-state index contributed by atoms with van der Waals surface area (Å²) in [5.74, 6) is 0. The van der Waals surface area contributed by atoms with Crippen LogP contribution in [0.1, 0.15) is 19.0 Å². The highest BCUT2D eigenvalue weighted by Gasteiger charge is 2.03. The smallest absolute Gasteiger partial charge is 0.128 e. The number of rotatable bonds is 3. The lowest BCUT2D eigenvalue weighted by Crippen LogP contribution is -2.04. The summed E-state index contributed by atoms with van der Waals surface area (Å²) in [5.41, 5.74) is 1.14. The third-order valence-electron chi connectivity index (χ3n) is 1.77. The van der Waals surface area contributed by atoms with Crippen LogP contribution in [0.5, 0.6) is 0 Å². The van der Waals surface area contributed by atoms with Crippen molar-refractivity contribution in [3.63, 3.8) is 0 Å². The number of nitrogens with zero attached hydrogens (tertiary/aromatic N) is 2. The molecular formula is C8H13BrN2O. The van der Waals surface area contributed by atoms with Crippen molar-refractivity contribution in [2.45, 2.75) is 25.9 Å². The second-order valence-electron chi connectivity index (χ2n) is 2.97. The van der Waals surface area contributed by atoms with E-state index in [0.29, 0.717) is 0 Å². The highest BCUT2D eigenvalue weighted by atomic mass is 79.9. The summed E-state index contributed by atoms with van der Waals surface area (Å²) in [5, 5.41) is 13.2. The van der Waals surface area contributed by atoms with Gasteiger partial charge in [0.1, 0.15) is 4.60 Å². The quantitative estimate of drug-likeness (QED) is 0.858. The average Bonchev–Trinajstić information content (AvgIpc) is 2.26. The minimum Gasteiger partial charge on any atom is -0.393 e. The van der Waals surface area contributed by atoms with Crippen molar-refractivity contribution in [3.05, 3.63) is 16.4 Å². The predicted molar refractivity (Wildman–Crippen MR) is 50.9 cm³/mol. The summed E-state index contributed by atoms with van der Waals surface area (Å²) in [6.45, 7) is 1.80. The summed E-state index contributed by atoms with van der Waals surface area (Å²) in [6.07, 6.45) is 1.41. The van der Waals surface area contributed by atoms with Crippen LogP contribution in [0.3, 0.4) is 0 Å². The lowest BCUT2D eigenvalue weighted by atomic mass is 10.2. The Morgan fingerprint density at radius 1 is 1.75 bits per heavy atom. The van der Waals surface area contributed by atoms with Gasteiger partial charge in [-0.1, -0.05) is 0 Å². The molecular weight excluding hydrogens is 220 g/mol. The van der Waals surface area contributed by atoms with Crippen LogP contribution in [-0.4, -0.2) is 21.0 Å². The molecule has 0 fully saturated rings. The van der Waals surface area contributed by atoms with E-state index in [4.69, 9.17) is 5.11 Å². The monoisotopic (exact) mass is 232 g/mol. The van der Waals surface area contributed by atoms with Crippen LogP contribution in [0.15, 0.2) is 10.7 Å². The molecule has 1 heterocycles. The minimum atomic E-state index is -0.237. The van der Waals surface area contributed by atoms with Gasteiger partial charge in [0.2, 0.25) is 0 Å². The molecule has 0 saturated carbocycles. The molecule has 0 bridgehead atoms. The summed E-state index contributed by atoms with van der Waals surface area (Å²) >= 11 is 3.30. The normalized spacial score (nSPS) is 13.3. The van der Waals surface area contributed by atoms with E-state index in [9.17, 15) is 0 Å². The molecule has 1 rings (SSSR count). The molecule has 0 radical (unpaired) electrons. The van der Waals surface area contributed by atoms with Gasteiger partial charge < -0.3 is 5.11 Å². The topological polar surface area (TPSA) is 38.1 Å². The van der Waals surface area contributed by atoms with Crippen LogP contribution in [0.2, 0.25) is 0 Å². The maximum Gasteiger partial charge on any atom is 0.128 e. The predicted octanol–water partition coefficient (Wildman–Crippen LogP) is 1.50. The molecule has 68 valence electrons. The molecule has 3 nitrogen and oxygen atoms in total. The summed E-state index contributed by atoms with van der Waals surface area (Å²) in [6, 6.07) is 1.97. The third kappa shape index (κ3) is 2.60. The van der Waals surface area contributed by atoms with E-state index >= 15 is 0 Å². The first kappa shape index (κ1) is 9.74. The molecule has 0 aromatic carbocycles. The number of aliphatic hydroxyl groups excluding tert-OH is 1. The van der Waals surface area contributed by atoms with Crippen molar-refractivity contribution in [2.24, 2.45) is 7.05 Å². The fraction of sp³-hybridized carbons (Fsp3) is 0.625. The number of aryl methyl sites for hydroxylation is 2. The first-order chi connectivity index (χ1) is 5.59. The Labute approximate surface area is 80.5 Å². The molecule has 1 atom stereocenters. The maximum atomic E-state index is 9.07. The van der Waals surface area contributed by atoms with Gasteiger partial charge in [-0.3, -0.25) is 4.68 Å². The van der Waals surface area contributed by atoms with Crippen molar-refractivity contribution in [3.8, 4) is 0 Å². The van der Waals surface area contributed by atoms with Gasteiger partial charge in [0.15, 0.2) is 0 Å². The lowest BCUT2D eigenvalue weighted by molar-refractivity contribution is 0.184. The van der Waals surface area contributed by atoms with Gasteiger partial charge >= 0.3 is 0 Å². The van der Waals surface area contributed by atoms with Crippen molar-refractivity contribution in [2.75, 3.05) is 0 Å². The second kappa shape index (κ2) is 4.05. The van der Waals surface area contributed by atoms with Gasteiger partial charge in [-0.05, 0) is 41.8 Å². The zero-order chi connectivity index (χ0) is 9.14. The maximum absolute atomic E-state index is 9.07. The summed E-state index contributed by atoms with van der Waals surface area (Å²) < 4.78 is 2.68. The lowest BCUT2D eigenvalue weighted by Gasteiger charge is -2.03. The van der Waals surface area contributed by atoms with Crippen molar-refractivity contribution in [1.82, 2.24) is 9.78 Å². The molecule has 1 aromatic heterocycles. The second-order valence-corrected chi connectivity index (χ2v) is 3.78. The summed E-state index contributed by atoms with van der Waals surface area (Å²) in [4.78, 5) is 0. The van der Waals surface area contributed by atoms with Gasteiger partial charge in [0.25, 0.3) is 0 Å². The molecule has 4 heteroatoms. The highest BCUT2D eigenvalue weighted by Crippen LogP contribution is 2.11. The van der Waals surface area contributed by atoms with Crippen LogP contribution in [0.4, 0.5) is 0 Å². The zero-order valence-electron chi connectivity index (χ0n) is 7.29. The van der Waals surface area contributed by atoms with E-state index in [1.54, 1.807) is 6.92 Å². The molecule has 0 saturated heterocycles. The Morgan fingerprint density at radius 2 is 2.42 bits per heavy atom. The first-order valence-electron chi connectivity index (χ1n) is 3.96. The third-order valence-corrected chi connectivity index (χ3v) is 2.15. The van der Waals surface area contributed by atoms with Crippen LogP contribution < -0.4 is 0 Å². The molecule has 0 aliphatic rings. The van der Waals surface area contributed by atoms with Crippen LogP contribution in [-0.2, 0) is 13.5 Å². The SMILES string of the molecule is C[C@@H](O)CCc1cc(Br)nn1C. The van der Waals surface area contributed by atoms with Crippen molar-refractivity contribution < 1.29 is 5.11 Å². The average molecular weight is 233 g/mol. The van der Waals surface area contributed by atoms with Gasteiger partial charge in [-0.25, -0.2) is 0 Å². The molecule has 0 unspecified atom stereocenters. The highest BCUT2D eigenvalue weighted by molar-refractivity contribution is 9.10. The van der Waals surface area contributed by atoms with Gasteiger partial charge in [-0.2, -0.15) is 5.10 Å². The summed E-state index contributed by atoms with van der Waals surface area (Å²) in [7, 11) is 1.90. The molecule has 1 N–H and O–H groups in total. The van der Waals surface area contributed by atoms with Gasteiger partial charge in [0.05, 0.1) is 6.10 Å². The van der Waals surface area contributed by atoms with E-state index in [2.05, 4.69) is 21.0 Å². The molecule has 0 spiro atoms. The van der Waals surface area contributed by atoms with E-state index in [1.165, 1.54) is 0 Å². The Morgan fingerprint density at radius 3 is 2.83 bits per heavy atom. The minimum absolute atomic E-state index is 0.237. The molecule has 0 aliphatic carbocycles. The Hall–Kier alpha value is -0.350. The van der Waals surface area contributed by atoms with Crippen LogP contribution >= 0.6 is 15.9 Å². The number of aromatic nitrogens is 2. The van der Waals surface area contributed by atoms with E-state index in [0.717, 1.165) is 23.1 Å². The Bertz CT molecular complexity index is 258. The molecule has 0 amide bonds. The molecule has 1 aromatic rings. The van der Waals surface area contributed by atoms with E-state index in [-0.39, 0.29) is 6.10 Å². The van der Waals surface area contributed by atoms with Crippen molar-refractivity contribution in [1.29, 1.82) is 0 Å². The molecule has 0 aliphatic heterocycles. The van der Waals surface area contributed by atoms with Crippen LogP contribution in [0, 0.1) is 0 Å². The largest absolute Gasteiger partial charge is 0.393 e. The fourth-order valence-electron chi connectivity index (χ4n) is 1.06. The van der Waals surface area contributed by atoms with E-state index in [1.807, 2.05) is 17.8 Å². The van der Waals surface area contributed by atoms with E-state index < -0.39 is 0 Å². The number of aliphatic hydroxyl groups is 1. The standard InChI is InChI=1S/C8H13BrN2O/c1-6(12)3-4-7-5-8(9)10-11(7)2/h5-6,12H,3-4H2,1-2H3/t6-/m1/s1. The fourth-order valence-corrected chi connectivity index (χ4v) is 1.56. The van der Waals surface area contributed by atoms with Gasteiger partial charge in [-0.15, -0.1) is 0 Å². The first-order valence-corrected chi connectivity index (χ1v) is 4.75. The Kier molecular flexibility index (Phi) is 3.29. The number of hydrogen-bond donors (Lipinski definition) is 1. The zero-order valence-corrected chi connectivity index (χ0v) is 8.87. The Balaban J connectivity index is 2.57. The number of hydrogen-bond acceptors (Lipinski definition) is 2. The molecule has 12 heavy (non-hydrogen) atoms. The van der Waals surface area contributed by atoms with Crippen LogP contribution in [0.25, 0.3) is 0 Å². The number of halogens is 1. The van der Waals surface area contributed by atoms with Gasteiger partial charge in [0, 0.05) is 12.7 Å². The van der Waals surface area contributed by atoms with Crippen molar-refractivity contribution >= 4 is 15.9 Å².